The van der Waals surface area contributed by atoms with Crippen LogP contribution in [0, 0.1) is 5.92 Å². The molecule has 0 aromatic rings. The van der Waals surface area contributed by atoms with Gasteiger partial charge in [0, 0.05) is 6.42 Å². The van der Waals surface area contributed by atoms with Crippen LogP contribution >= 0.6 is 0 Å². The summed E-state index contributed by atoms with van der Waals surface area (Å²) in [5.41, 5.74) is 0. The van der Waals surface area contributed by atoms with Crippen LogP contribution in [0.1, 0.15) is 12.8 Å². The van der Waals surface area contributed by atoms with Crippen LogP contribution in [-0.2, 0) is 4.79 Å². The number of rotatable bonds is 11. The van der Waals surface area contributed by atoms with E-state index in [2.05, 4.69) is 6.58 Å². The van der Waals surface area contributed by atoms with E-state index in [0.717, 1.165) is 0 Å². The normalized spacial score (nSPS) is 16.4. The first-order valence-corrected chi connectivity index (χ1v) is 7.81. The molecule has 0 saturated carbocycles. The van der Waals surface area contributed by atoms with Gasteiger partial charge in [-0.2, -0.15) is 74.6 Å². The summed E-state index contributed by atoms with van der Waals surface area (Å²) in [7, 11) is 0. The van der Waals surface area contributed by atoms with E-state index in [0.29, 0.717) is 0 Å². The summed E-state index contributed by atoms with van der Waals surface area (Å²) in [6.07, 6.45) is -12.8. The van der Waals surface area contributed by atoms with Gasteiger partial charge in [0.05, 0.1) is 5.76 Å². The molecule has 202 valence electrons. The number of aliphatic hydroxyl groups excluding tert-OH is 1. The molecule has 3 nitrogen and oxygen atoms in total. The van der Waals surface area contributed by atoms with E-state index in [1.165, 1.54) is 0 Å². The molecule has 34 heavy (non-hydrogen) atoms. The molecule has 0 aliphatic rings. The third-order valence-corrected chi connectivity index (χ3v) is 4.23. The minimum Gasteiger partial charge on any atom is -0.512 e. The van der Waals surface area contributed by atoms with Crippen LogP contribution in [0.4, 0.5) is 74.6 Å². The fraction of sp³-hybridized carbons (Fsp3) is 0.786. The number of alkyl halides is 17. The van der Waals surface area contributed by atoms with E-state index in [4.69, 9.17) is 10.2 Å². The lowest BCUT2D eigenvalue weighted by Crippen LogP contribution is -2.74. The molecule has 2 N–H and O–H groups in total. The maximum absolute atomic E-state index is 13.6. The van der Waals surface area contributed by atoms with Gasteiger partial charge in [0.15, 0.2) is 0 Å². The highest BCUT2D eigenvalue weighted by atomic mass is 19.4. The number of carboxylic acid groups (broad SMARTS) is 1. The fourth-order valence-corrected chi connectivity index (χ4v) is 2.11. The van der Waals surface area contributed by atoms with E-state index >= 15 is 0 Å². The first-order valence-electron chi connectivity index (χ1n) is 7.81. The van der Waals surface area contributed by atoms with Crippen molar-refractivity contribution in [2.45, 2.75) is 60.5 Å². The van der Waals surface area contributed by atoms with E-state index in [-0.39, 0.29) is 0 Å². The van der Waals surface area contributed by atoms with Crippen molar-refractivity contribution in [3.05, 3.63) is 12.3 Å². The second kappa shape index (κ2) is 8.49. The van der Waals surface area contributed by atoms with Crippen LogP contribution < -0.4 is 0 Å². The molecule has 0 bridgehead atoms. The molecule has 20 heteroatoms. The smallest absolute Gasteiger partial charge is 0.460 e. The zero-order valence-corrected chi connectivity index (χ0v) is 15.4. The van der Waals surface area contributed by atoms with Gasteiger partial charge in [-0.1, -0.05) is 6.58 Å². The Morgan fingerprint density at radius 2 is 0.882 bits per heavy atom. The Morgan fingerprint density at radius 3 is 1.15 bits per heavy atom. The van der Waals surface area contributed by atoms with Crippen molar-refractivity contribution >= 4 is 5.97 Å². The van der Waals surface area contributed by atoms with E-state index in [1.54, 1.807) is 0 Å². The number of hydrogen-bond donors (Lipinski definition) is 2. The zero-order valence-electron chi connectivity index (χ0n) is 15.4. The summed E-state index contributed by atoms with van der Waals surface area (Å²) in [6, 6.07) is 0. The first kappa shape index (κ1) is 31.8. The highest BCUT2D eigenvalue weighted by Gasteiger charge is 2.95. The molecule has 0 aromatic carbocycles. The van der Waals surface area contributed by atoms with Gasteiger partial charge < -0.3 is 10.2 Å². The molecule has 0 rings (SSSR count). The second-order valence-electron chi connectivity index (χ2n) is 6.57. The summed E-state index contributed by atoms with van der Waals surface area (Å²) in [5, 5.41) is 17.3. The van der Waals surface area contributed by atoms with Crippen LogP contribution in [-0.4, -0.2) is 63.8 Å². The van der Waals surface area contributed by atoms with Crippen molar-refractivity contribution in [3.63, 3.8) is 0 Å². The largest absolute Gasteiger partial charge is 0.512 e. The van der Waals surface area contributed by atoms with Crippen molar-refractivity contribution in [3.8, 4) is 0 Å². The Bertz CT molecular complexity index is 769. The number of aliphatic hydroxyl groups is 1. The van der Waals surface area contributed by atoms with Gasteiger partial charge in [-0.3, -0.25) is 4.79 Å². The lowest BCUT2D eigenvalue weighted by molar-refractivity contribution is -0.461. The lowest BCUT2D eigenvalue weighted by Gasteiger charge is -2.42. The average molecular weight is 548 g/mol. The molecule has 0 heterocycles. The van der Waals surface area contributed by atoms with Gasteiger partial charge in [0.2, 0.25) is 0 Å². The molecule has 1 atom stereocenters. The Morgan fingerprint density at radius 1 is 0.588 bits per heavy atom. The van der Waals surface area contributed by atoms with Crippen molar-refractivity contribution in [1.29, 1.82) is 0 Å². The average Bonchev–Trinajstić information content (AvgIpc) is 2.58. The minimum atomic E-state index is -8.73. The van der Waals surface area contributed by atoms with Gasteiger partial charge in [0.1, 0.15) is 5.92 Å². The molecule has 0 spiro atoms. The van der Waals surface area contributed by atoms with Crippen LogP contribution in [0.25, 0.3) is 0 Å². The van der Waals surface area contributed by atoms with Gasteiger partial charge in [0.25, 0.3) is 0 Å². The molecule has 0 amide bonds. The molecule has 0 radical (unpaired) electrons. The minimum absolute atomic E-state index is 1.58. The summed E-state index contributed by atoms with van der Waals surface area (Å²) in [4.78, 5) is 10.6. The van der Waals surface area contributed by atoms with Crippen molar-refractivity contribution in [2.75, 3.05) is 0 Å². The maximum Gasteiger partial charge on any atom is 0.460 e. The van der Waals surface area contributed by atoms with Gasteiger partial charge in [-0.05, 0) is 6.42 Å². The Kier molecular flexibility index (Phi) is 7.94. The molecule has 0 saturated heterocycles. The summed E-state index contributed by atoms with van der Waals surface area (Å²) < 4.78 is 222. The third kappa shape index (κ3) is 4.42. The van der Waals surface area contributed by atoms with E-state index in [9.17, 15) is 79.4 Å². The summed E-state index contributed by atoms with van der Waals surface area (Å²) in [6.45, 7) is 2.46. The summed E-state index contributed by atoms with van der Waals surface area (Å²) >= 11 is 0. The quantitative estimate of drug-likeness (QED) is 0.228. The number of halogens is 17. The SMILES string of the molecule is C=C(O)C(CCC(F)(F)C(F)(F)C(F)(F)C(F)(F)C(F)(F)C(F)(F)C(F)(F)C(F)(F)F)C(=O)O. The van der Waals surface area contributed by atoms with Crippen molar-refractivity contribution < 1.29 is 89.6 Å². The number of carbonyl (C=O) groups is 1. The van der Waals surface area contributed by atoms with Crippen molar-refractivity contribution in [1.82, 2.24) is 0 Å². The second-order valence-corrected chi connectivity index (χ2v) is 6.57. The van der Waals surface area contributed by atoms with Crippen LogP contribution in [0.3, 0.4) is 0 Å². The Balaban J connectivity index is 6.55. The monoisotopic (exact) mass is 548 g/mol. The molecule has 0 fully saturated rings. The van der Waals surface area contributed by atoms with Gasteiger partial charge in [-0.15, -0.1) is 0 Å². The number of carboxylic acids is 1. The highest BCUT2D eigenvalue weighted by Crippen LogP contribution is 2.64. The van der Waals surface area contributed by atoms with Crippen LogP contribution in [0.15, 0.2) is 12.3 Å². The topological polar surface area (TPSA) is 57.5 Å². The lowest BCUT2D eigenvalue weighted by atomic mass is 9.87. The molecular weight excluding hydrogens is 539 g/mol. The number of hydrogen-bond acceptors (Lipinski definition) is 2. The third-order valence-electron chi connectivity index (χ3n) is 4.23. The van der Waals surface area contributed by atoms with E-state index < -0.39 is 78.1 Å². The standard InChI is InChI=1S/C14H9F17O3/c1-4(32)5(6(33)34)2-3-7(15,16)8(17,18)9(19,20)10(21,22)11(23,24)12(25,26)13(27,28)14(29,30)31/h5,32H,1-3H2,(H,33,34). The van der Waals surface area contributed by atoms with E-state index in [1.807, 2.05) is 0 Å². The molecule has 0 aromatic heterocycles. The Labute approximate surface area is 175 Å². The predicted molar refractivity (Wildman–Crippen MR) is 72.8 cm³/mol. The zero-order chi connectivity index (χ0) is 28.1. The van der Waals surface area contributed by atoms with Crippen LogP contribution in [0.2, 0.25) is 0 Å². The fourth-order valence-electron chi connectivity index (χ4n) is 2.11. The molecule has 0 aliphatic heterocycles. The first-order chi connectivity index (χ1) is 14.5. The van der Waals surface area contributed by atoms with Crippen molar-refractivity contribution in [2.24, 2.45) is 5.92 Å². The summed E-state index contributed by atoms with van der Waals surface area (Å²) in [5.74, 6) is -63.9. The van der Waals surface area contributed by atoms with Gasteiger partial charge >= 0.3 is 53.6 Å². The van der Waals surface area contributed by atoms with Crippen LogP contribution in [0.5, 0.6) is 0 Å². The predicted octanol–water partition coefficient (Wildman–Crippen LogP) is 6.55. The molecule has 0 aliphatic carbocycles. The van der Waals surface area contributed by atoms with Gasteiger partial charge in [-0.25, -0.2) is 0 Å². The molecular formula is C14H9F17O3. The highest BCUT2D eigenvalue weighted by molar-refractivity contribution is 5.72. The molecule has 1 unspecified atom stereocenters. The maximum atomic E-state index is 13.6. The number of aliphatic carboxylic acids is 1. The Hall–Kier alpha value is -2.18.